The maximum absolute atomic E-state index is 14.1. The summed E-state index contributed by atoms with van der Waals surface area (Å²) in [6.07, 6.45) is 0. The standard InChI is InChI=1S/C44H34N4O9S3/c1-26-9-16-31(17-10-26)59(50,51)54-39-25-38(48-46-37-22-14-29-23-30(58-57-56-49)15-20-34(29)42(37)47-48)40(55-60(52,53)32-18-11-27(2)12-19-32)24-35(39)43-44(3,4)41-33-8-6-5-7-28(33)13-21-36(41)45-43/h5-25,49H,1-4H3. The molecular weight excluding hydrogens is 825 g/mol. The number of aliphatic imine (C=N–C) groups is 1. The molecule has 1 N–H and O–H groups in total. The molecule has 2 heterocycles. The van der Waals surface area contributed by atoms with Crippen molar-refractivity contribution >= 4 is 76.3 Å². The maximum Gasteiger partial charge on any atom is 0.339 e. The van der Waals surface area contributed by atoms with Gasteiger partial charge >= 0.3 is 20.2 Å². The molecule has 8 aromatic rings. The van der Waals surface area contributed by atoms with Gasteiger partial charge in [-0.3, -0.25) is 4.99 Å². The molecule has 16 heteroatoms. The molecular formula is C44H34N4O9S3. The van der Waals surface area contributed by atoms with Gasteiger partial charge in [0.1, 0.15) is 26.5 Å². The molecule has 0 bridgehead atoms. The number of nitrogens with zero attached hydrogens (tertiary/aromatic N) is 4. The van der Waals surface area contributed by atoms with E-state index in [1.165, 1.54) is 41.2 Å². The molecule has 0 unspecified atom stereocenters. The van der Waals surface area contributed by atoms with Gasteiger partial charge in [0.15, 0.2) is 11.5 Å². The van der Waals surface area contributed by atoms with Gasteiger partial charge in [-0.05, 0) is 90.2 Å². The summed E-state index contributed by atoms with van der Waals surface area (Å²) >= 11 is 0.802. The molecule has 0 saturated heterocycles. The first-order chi connectivity index (χ1) is 28.7. The molecule has 0 fully saturated rings. The largest absolute Gasteiger partial charge is 0.378 e. The molecule has 1 aliphatic heterocycles. The molecule has 7 aromatic carbocycles. The first-order valence-electron chi connectivity index (χ1n) is 18.5. The molecule has 0 amide bonds. The van der Waals surface area contributed by atoms with E-state index in [2.05, 4.69) is 9.37 Å². The Morgan fingerprint density at radius 1 is 0.667 bits per heavy atom. The lowest BCUT2D eigenvalue weighted by Gasteiger charge is -2.26. The van der Waals surface area contributed by atoms with Crippen LogP contribution in [-0.2, 0) is 35.0 Å². The Hall–Kier alpha value is -6.14. The number of hydrogen-bond donors (Lipinski definition) is 1. The van der Waals surface area contributed by atoms with E-state index in [0.29, 0.717) is 32.7 Å². The van der Waals surface area contributed by atoms with Gasteiger partial charge in [0.25, 0.3) is 0 Å². The van der Waals surface area contributed by atoms with Gasteiger partial charge in [-0.2, -0.15) is 16.8 Å². The van der Waals surface area contributed by atoms with E-state index >= 15 is 0 Å². The molecule has 1 aliphatic rings. The Balaban J connectivity index is 1.28. The number of aryl methyl sites for hydroxylation is 2. The highest BCUT2D eigenvalue weighted by molar-refractivity contribution is 7.94. The predicted molar refractivity (Wildman–Crippen MR) is 228 cm³/mol. The van der Waals surface area contributed by atoms with Gasteiger partial charge in [-0.15, -0.1) is 19.3 Å². The van der Waals surface area contributed by atoms with Crippen LogP contribution in [0.15, 0.2) is 147 Å². The third-order valence-corrected chi connectivity index (χ3v) is 13.5. The van der Waals surface area contributed by atoms with Gasteiger partial charge in [0.05, 0.1) is 23.4 Å². The normalized spacial score (nSPS) is 13.8. The van der Waals surface area contributed by atoms with Crippen molar-refractivity contribution < 1.29 is 39.8 Å². The van der Waals surface area contributed by atoms with Crippen LogP contribution >= 0.6 is 12.0 Å². The number of benzene rings is 7. The lowest BCUT2D eigenvalue weighted by molar-refractivity contribution is -0.432. The van der Waals surface area contributed by atoms with Gasteiger partial charge < -0.3 is 8.37 Å². The monoisotopic (exact) mass is 858 g/mol. The molecule has 0 atom stereocenters. The second-order valence-electron chi connectivity index (χ2n) is 14.8. The van der Waals surface area contributed by atoms with Crippen molar-refractivity contribution in [2.24, 2.45) is 4.99 Å². The molecule has 13 nitrogen and oxygen atoms in total. The topological polar surface area (TPSA) is 168 Å². The summed E-state index contributed by atoms with van der Waals surface area (Å²) in [6, 6.07) is 35.9. The summed E-state index contributed by atoms with van der Waals surface area (Å²) in [6.45, 7) is 7.62. The number of fused-ring (bicyclic) bond motifs is 6. The molecule has 60 heavy (non-hydrogen) atoms. The van der Waals surface area contributed by atoms with Gasteiger partial charge in [0, 0.05) is 27.3 Å². The molecule has 0 aliphatic carbocycles. The lowest BCUT2D eigenvalue weighted by Crippen LogP contribution is -2.28. The molecule has 0 radical (unpaired) electrons. The van der Waals surface area contributed by atoms with Crippen LogP contribution in [0.2, 0.25) is 0 Å². The van der Waals surface area contributed by atoms with Crippen molar-refractivity contribution in [2.45, 2.75) is 47.8 Å². The zero-order valence-electron chi connectivity index (χ0n) is 32.4. The zero-order valence-corrected chi connectivity index (χ0v) is 34.8. The second kappa shape index (κ2) is 14.8. The van der Waals surface area contributed by atoms with Gasteiger partial charge in [0.2, 0.25) is 0 Å². The number of rotatable bonds is 11. The van der Waals surface area contributed by atoms with Crippen LogP contribution in [0, 0.1) is 13.8 Å². The summed E-state index contributed by atoms with van der Waals surface area (Å²) < 4.78 is 73.1. The molecule has 302 valence electrons. The van der Waals surface area contributed by atoms with E-state index in [4.69, 9.17) is 28.8 Å². The molecule has 9 rings (SSSR count). The van der Waals surface area contributed by atoms with Gasteiger partial charge in [-0.1, -0.05) is 96.7 Å². The Labute approximate surface area is 349 Å². The van der Waals surface area contributed by atoms with Crippen LogP contribution < -0.4 is 8.37 Å². The van der Waals surface area contributed by atoms with Crippen molar-refractivity contribution in [3.05, 3.63) is 150 Å². The average Bonchev–Trinajstić information content (AvgIpc) is 3.78. The Morgan fingerprint density at radius 3 is 2.00 bits per heavy atom. The predicted octanol–water partition coefficient (Wildman–Crippen LogP) is 9.72. The number of hydrogen-bond acceptors (Lipinski definition) is 13. The first-order valence-corrected chi connectivity index (χ1v) is 22.0. The fourth-order valence-electron chi connectivity index (χ4n) is 7.45. The van der Waals surface area contributed by atoms with E-state index in [1.54, 1.807) is 48.5 Å². The average molecular weight is 859 g/mol. The minimum absolute atomic E-state index is 0.0343. The minimum Gasteiger partial charge on any atom is -0.378 e. The smallest absolute Gasteiger partial charge is 0.339 e. The SMILES string of the molecule is Cc1ccc(S(=O)(=O)Oc2cc(-n3nc4ccc5cc(SOOO)ccc5c4n3)c(OS(=O)(=O)c3ccc(C)cc3)cc2C2=Nc3ccc4ccccc4c3C2(C)C)cc1. The highest BCUT2D eigenvalue weighted by atomic mass is 32.2. The third-order valence-electron chi connectivity index (χ3n) is 10.4. The zero-order chi connectivity index (χ0) is 42.0. The lowest BCUT2D eigenvalue weighted by atomic mass is 9.77. The quantitative estimate of drug-likeness (QED) is 0.0567. The van der Waals surface area contributed by atoms with E-state index in [0.717, 1.165) is 44.9 Å². The fourth-order valence-corrected chi connectivity index (χ4v) is 9.74. The highest BCUT2D eigenvalue weighted by Crippen LogP contribution is 2.48. The Bertz CT molecular complexity index is 3280. The van der Waals surface area contributed by atoms with Crippen LogP contribution in [0.25, 0.3) is 38.3 Å². The van der Waals surface area contributed by atoms with Crippen molar-refractivity contribution in [3.63, 3.8) is 0 Å². The van der Waals surface area contributed by atoms with E-state index in [-0.39, 0.29) is 32.5 Å². The molecule has 0 saturated carbocycles. The maximum atomic E-state index is 14.1. The van der Waals surface area contributed by atoms with E-state index < -0.39 is 25.7 Å². The van der Waals surface area contributed by atoms with Crippen LogP contribution in [0.5, 0.6) is 11.5 Å². The summed E-state index contributed by atoms with van der Waals surface area (Å²) in [4.78, 5) is 6.69. The van der Waals surface area contributed by atoms with Crippen LogP contribution in [0.3, 0.4) is 0 Å². The minimum atomic E-state index is -4.49. The number of aromatic nitrogens is 3. The fraction of sp³-hybridized carbons (Fsp3) is 0.114. The van der Waals surface area contributed by atoms with E-state index in [1.807, 2.05) is 70.2 Å². The van der Waals surface area contributed by atoms with Crippen LogP contribution in [0.1, 0.15) is 36.1 Å². The van der Waals surface area contributed by atoms with Gasteiger partial charge in [-0.25, -0.2) is 5.26 Å². The summed E-state index contributed by atoms with van der Waals surface area (Å²) in [5.41, 5.74) is 3.87. The third kappa shape index (κ3) is 7.06. The van der Waals surface area contributed by atoms with Crippen LogP contribution in [-0.4, -0.2) is 42.8 Å². The van der Waals surface area contributed by atoms with E-state index in [9.17, 15) is 16.8 Å². The van der Waals surface area contributed by atoms with Crippen molar-refractivity contribution in [1.82, 2.24) is 15.0 Å². The first kappa shape index (κ1) is 39.3. The highest BCUT2D eigenvalue weighted by Gasteiger charge is 2.40. The summed E-state index contributed by atoms with van der Waals surface area (Å²) in [7, 11) is -8.98. The molecule has 0 spiro atoms. The van der Waals surface area contributed by atoms with Crippen molar-refractivity contribution in [1.29, 1.82) is 0 Å². The summed E-state index contributed by atoms with van der Waals surface area (Å²) in [5, 5.41) is 25.3. The van der Waals surface area contributed by atoms with Crippen LogP contribution in [0.4, 0.5) is 5.69 Å². The Morgan fingerprint density at radius 2 is 1.32 bits per heavy atom. The second-order valence-corrected chi connectivity index (χ2v) is 18.7. The Kier molecular flexibility index (Phi) is 9.73. The summed E-state index contributed by atoms with van der Waals surface area (Å²) in [5.74, 6) is -0.372. The van der Waals surface area contributed by atoms with Crippen molar-refractivity contribution in [3.8, 4) is 17.2 Å². The molecule has 1 aromatic heterocycles. The van der Waals surface area contributed by atoms with Crippen molar-refractivity contribution in [2.75, 3.05) is 0 Å².